The van der Waals surface area contributed by atoms with E-state index in [1.165, 1.54) is 0 Å². The summed E-state index contributed by atoms with van der Waals surface area (Å²) in [5.74, 6) is 0. The van der Waals surface area contributed by atoms with Crippen LogP contribution in [0.15, 0.2) is 0 Å². The maximum Gasteiger partial charge on any atom is 0.389 e. The lowest BCUT2D eigenvalue weighted by Crippen LogP contribution is -2.23. The van der Waals surface area contributed by atoms with Gasteiger partial charge in [0.15, 0.2) is 0 Å². The van der Waals surface area contributed by atoms with Crippen molar-refractivity contribution in [2.45, 2.75) is 25.4 Å². The molecule has 15 heavy (non-hydrogen) atoms. The van der Waals surface area contributed by atoms with Crippen molar-refractivity contribution in [3.63, 3.8) is 0 Å². The fraction of sp³-hybridized carbons (Fsp3) is 1.00. The van der Waals surface area contributed by atoms with Gasteiger partial charge in [-0.25, -0.2) is 8.78 Å². The van der Waals surface area contributed by atoms with Crippen LogP contribution in [0.4, 0.5) is 22.0 Å². The highest BCUT2D eigenvalue weighted by Gasteiger charge is 2.25. The highest BCUT2D eigenvalue weighted by molar-refractivity contribution is 4.53. The zero-order valence-corrected chi connectivity index (χ0v) is 8.12. The van der Waals surface area contributed by atoms with Gasteiger partial charge < -0.3 is 10.1 Å². The third-order valence-corrected chi connectivity index (χ3v) is 1.48. The summed E-state index contributed by atoms with van der Waals surface area (Å²) in [6, 6.07) is 0. The third-order valence-electron chi connectivity index (χ3n) is 1.48. The molecular weight excluding hydrogens is 221 g/mol. The normalized spacial score (nSPS) is 12.4. The number of hydrogen-bond donors (Lipinski definition) is 1. The highest BCUT2D eigenvalue weighted by Crippen LogP contribution is 2.20. The van der Waals surface area contributed by atoms with Crippen molar-refractivity contribution >= 4 is 0 Å². The van der Waals surface area contributed by atoms with Crippen molar-refractivity contribution < 1.29 is 26.7 Å². The molecule has 0 rings (SSSR count). The van der Waals surface area contributed by atoms with Gasteiger partial charge in [-0.05, 0) is 13.0 Å². The summed E-state index contributed by atoms with van der Waals surface area (Å²) in [6.07, 6.45) is -7.49. The van der Waals surface area contributed by atoms with E-state index in [2.05, 4.69) is 10.1 Å². The van der Waals surface area contributed by atoms with Crippen molar-refractivity contribution in [3.05, 3.63) is 0 Å². The molecule has 0 aromatic carbocycles. The molecule has 0 saturated heterocycles. The lowest BCUT2D eigenvalue weighted by atomic mass is 10.3. The predicted octanol–water partition coefficient (Wildman–Crippen LogP) is 2.20. The van der Waals surface area contributed by atoms with Gasteiger partial charge in [-0.15, -0.1) is 0 Å². The van der Waals surface area contributed by atoms with Crippen LogP contribution < -0.4 is 5.32 Å². The van der Waals surface area contributed by atoms with E-state index in [0.717, 1.165) is 0 Å². The van der Waals surface area contributed by atoms with E-state index in [1.54, 1.807) is 0 Å². The van der Waals surface area contributed by atoms with Crippen LogP contribution >= 0.6 is 0 Å². The molecule has 0 aromatic rings. The first-order valence-corrected chi connectivity index (χ1v) is 4.55. The summed E-state index contributed by atoms with van der Waals surface area (Å²) in [7, 11) is 0. The largest absolute Gasteiger partial charge is 0.389 e. The van der Waals surface area contributed by atoms with Crippen LogP contribution in [0.1, 0.15) is 12.8 Å². The Labute approximate surface area is 84.8 Å². The molecular formula is C8H14F5NO. The summed E-state index contributed by atoms with van der Waals surface area (Å²) in [5, 5.41) is 2.66. The Balaban J connectivity index is 3.06. The van der Waals surface area contributed by atoms with Crippen molar-refractivity contribution in [2.75, 3.05) is 26.3 Å². The second kappa shape index (κ2) is 7.81. The minimum Gasteiger partial charge on any atom is -0.374 e. The number of alkyl halides is 5. The first-order valence-electron chi connectivity index (χ1n) is 4.55. The van der Waals surface area contributed by atoms with E-state index in [4.69, 9.17) is 0 Å². The van der Waals surface area contributed by atoms with Crippen LogP contribution in [0.3, 0.4) is 0 Å². The molecule has 0 aromatic heterocycles. The SMILES string of the molecule is FC(F)COCCNCCCC(F)(F)F. The molecule has 0 bridgehead atoms. The van der Waals surface area contributed by atoms with E-state index in [9.17, 15) is 22.0 Å². The quantitative estimate of drug-likeness (QED) is 0.514. The van der Waals surface area contributed by atoms with E-state index in [0.29, 0.717) is 0 Å². The van der Waals surface area contributed by atoms with Gasteiger partial charge in [-0.2, -0.15) is 13.2 Å². The standard InChI is InChI=1S/C8H14F5NO/c9-7(10)6-15-5-4-14-3-1-2-8(11,12)13/h7,14H,1-6H2. The first-order chi connectivity index (χ1) is 6.92. The molecule has 2 nitrogen and oxygen atoms in total. The zero-order chi connectivity index (χ0) is 11.7. The molecule has 0 amide bonds. The Hall–Kier alpha value is -0.430. The average molecular weight is 235 g/mol. The molecule has 0 aliphatic rings. The van der Waals surface area contributed by atoms with Crippen LogP contribution in [-0.2, 0) is 4.74 Å². The number of hydrogen-bond acceptors (Lipinski definition) is 2. The van der Waals surface area contributed by atoms with E-state index < -0.39 is 25.6 Å². The van der Waals surface area contributed by atoms with Crippen molar-refractivity contribution in [3.8, 4) is 0 Å². The first kappa shape index (κ1) is 14.6. The monoisotopic (exact) mass is 235 g/mol. The maximum atomic E-state index is 11.6. The second-order valence-electron chi connectivity index (χ2n) is 2.93. The minimum absolute atomic E-state index is 0.0155. The van der Waals surface area contributed by atoms with Gasteiger partial charge >= 0.3 is 6.18 Å². The number of ether oxygens (including phenoxy) is 1. The Morgan fingerprint density at radius 1 is 1.13 bits per heavy atom. The fourth-order valence-corrected chi connectivity index (χ4v) is 0.856. The van der Waals surface area contributed by atoms with Gasteiger partial charge in [-0.1, -0.05) is 0 Å². The summed E-state index contributed by atoms with van der Waals surface area (Å²) >= 11 is 0. The lowest BCUT2D eigenvalue weighted by Gasteiger charge is -2.07. The van der Waals surface area contributed by atoms with Gasteiger partial charge in [0.1, 0.15) is 6.61 Å². The summed E-state index contributed by atoms with van der Waals surface area (Å²) in [5.41, 5.74) is 0. The Morgan fingerprint density at radius 3 is 2.33 bits per heavy atom. The predicted molar refractivity (Wildman–Crippen MR) is 45.0 cm³/mol. The molecule has 0 saturated carbocycles. The van der Waals surface area contributed by atoms with Crippen LogP contribution in [0, 0.1) is 0 Å². The Bertz CT molecular complexity index is 150. The molecule has 0 heterocycles. The molecule has 0 unspecified atom stereocenters. The van der Waals surface area contributed by atoms with Crippen LogP contribution in [0.2, 0.25) is 0 Å². The lowest BCUT2D eigenvalue weighted by molar-refractivity contribution is -0.135. The van der Waals surface area contributed by atoms with Gasteiger partial charge in [0.2, 0.25) is 0 Å². The van der Waals surface area contributed by atoms with E-state index in [1.807, 2.05) is 0 Å². The smallest absolute Gasteiger partial charge is 0.374 e. The zero-order valence-electron chi connectivity index (χ0n) is 8.12. The Kier molecular flexibility index (Phi) is 7.59. The topological polar surface area (TPSA) is 21.3 Å². The number of halogens is 5. The van der Waals surface area contributed by atoms with Gasteiger partial charge in [0.25, 0.3) is 6.43 Å². The third kappa shape index (κ3) is 13.6. The van der Waals surface area contributed by atoms with Gasteiger partial charge in [-0.3, -0.25) is 0 Å². The van der Waals surface area contributed by atoms with E-state index in [-0.39, 0.29) is 26.1 Å². The number of nitrogens with one attached hydrogen (secondary N) is 1. The molecule has 0 spiro atoms. The van der Waals surface area contributed by atoms with Crippen molar-refractivity contribution in [1.82, 2.24) is 5.32 Å². The molecule has 92 valence electrons. The molecule has 0 atom stereocenters. The van der Waals surface area contributed by atoms with Crippen LogP contribution in [0.5, 0.6) is 0 Å². The number of rotatable bonds is 8. The molecule has 0 aliphatic carbocycles. The van der Waals surface area contributed by atoms with E-state index >= 15 is 0 Å². The maximum absolute atomic E-state index is 11.6. The fourth-order valence-electron chi connectivity index (χ4n) is 0.856. The van der Waals surface area contributed by atoms with Gasteiger partial charge in [0, 0.05) is 13.0 Å². The minimum atomic E-state index is -4.13. The molecule has 1 N–H and O–H groups in total. The van der Waals surface area contributed by atoms with Crippen molar-refractivity contribution in [1.29, 1.82) is 0 Å². The van der Waals surface area contributed by atoms with Crippen LogP contribution in [0.25, 0.3) is 0 Å². The van der Waals surface area contributed by atoms with Gasteiger partial charge in [0.05, 0.1) is 6.61 Å². The molecule has 7 heteroatoms. The Morgan fingerprint density at radius 2 is 1.80 bits per heavy atom. The highest BCUT2D eigenvalue weighted by atomic mass is 19.4. The second-order valence-corrected chi connectivity index (χ2v) is 2.93. The summed E-state index contributed by atoms with van der Waals surface area (Å²) in [6.45, 7) is -0.0668. The molecule has 0 radical (unpaired) electrons. The summed E-state index contributed by atoms with van der Waals surface area (Å²) in [4.78, 5) is 0. The van der Waals surface area contributed by atoms with Crippen molar-refractivity contribution in [2.24, 2.45) is 0 Å². The summed E-state index contributed by atoms with van der Waals surface area (Å²) < 4.78 is 62.5. The molecule has 0 aliphatic heterocycles. The molecule has 0 fully saturated rings. The van der Waals surface area contributed by atoms with Crippen LogP contribution in [-0.4, -0.2) is 38.9 Å². The average Bonchev–Trinajstić information content (AvgIpc) is 2.07.